The Morgan fingerprint density at radius 1 is 1.56 bits per heavy atom. The summed E-state index contributed by atoms with van der Waals surface area (Å²) in [4.78, 5) is 18.9. The molecule has 6 heteroatoms. The van der Waals surface area contributed by atoms with Crippen LogP contribution in [0.3, 0.4) is 0 Å². The Bertz CT molecular complexity index is 82.3. The first kappa shape index (κ1) is 10.8. The SMILES string of the molecule is O=CNCC(=O)O.OO. The number of rotatable bonds is 3. The lowest BCUT2D eigenvalue weighted by Gasteiger charge is -1.85. The highest BCUT2D eigenvalue weighted by molar-refractivity contribution is 5.71. The van der Waals surface area contributed by atoms with Crippen molar-refractivity contribution >= 4 is 12.4 Å². The molecule has 0 aliphatic heterocycles. The van der Waals surface area contributed by atoms with Crippen molar-refractivity contribution in [3.8, 4) is 0 Å². The van der Waals surface area contributed by atoms with Gasteiger partial charge in [-0.1, -0.05) is 0 Å². The molecule has 1 amide bonds. The number of carboxylic acid groups (broad SMARTS) is 1. The van der Waals surface area contributed by atoms with Crippen LogP contribution in [0.1, 0.15) is 0 Å². The van der Waals surface area contributed by atoms with Crippen LogP contribution in [0.2, 0.25) is 0 Å². The van der Waals surface area contributed by atoms with E-state index < -0.39 is 5.97 Å². The predicted molar refractivity (Wildman–Crippen MR) is 27.0 cm³/mol. The van der Waals surface area contributed by atoms with Crippen molar-refractivity contribution in [2.24, 2.45) is 0 Å². The average molecular weight is 137 g/mol. The van der Waals surface area contributed by atoms with Crippen LogP contribution in [-0.2, 0) is 9.59 Å². The molecular weight excluding hydrogens is 130 g/mol. The quantitative estimate of drug-likeness (QED) is 0.223. The van der Waals surface area contributed by atoms with E-state index in [2.05, 4.69) is 0 Å². The molecule has 0 unspecified atom stereocenters. The van der Waals surface area contributed by atoms with E-state index in [0.717, 1.165) is 0 Å². The molecule has 0 bridgehead atoms. The molecule has 0 spiro atoms. The van der Waals surface area contributed by atoms with Gasteiger partial charge in [-0.25, -0.2) is 0 Å². The van der Waals surface area contributed by atoms with E-state index in [-0.39, 0.29) is 6.54 Å². The zero-order valence-electron chi connectivity index (χ0n) is 4.44. The molecule has 9 heavy (non-hydrogen) atoms. The van der Waals surface area contributed by atoms with Gasteiger partial charge < -0.3 is 10.4 Å². The average Bonchev–Trinajstić information content (AvgIpc) is 1.88. The number of hydrogen-bond donors (Lipinski definition) is 4. The highest BCUT2D eigenvalue weighted by Crippen LogP contribution is 1.51. The fourth-order valence-electron chi connectivity index (χ4n) is 0.129. The lowest BCUT2D eigenvalue weighted by Crippen LogP contribution is -2.20. The summed E-state index contributed by atoms with van der Waals surface area (Å²) in [6, 6.07) is 0. The summed E-state index contributed by atoms with van der Waals surface area (Å²) < 4.78 is 0. The van der Waals surface area contributed by atoms with Crippen LogP contribution in [0.25, 0.3) is 0 Å². The van der Waals surface area contributed by atoms with E-state index >= 15 is 0 Å². The van der Waals surface area contributed by atoms with Crippen molar-refractivity contribution in [3.05, 3.63) is 0 Å². The molecule has 0 saturated heterocycles. The molecule has 0 fully saturated rings. The molecule has 4 N–H and O–H groups in total. The van der Waals surface area contributed by atoms with E-state index in [9.17, 15) is 9.59 Å². The Morgan fingerprint density at radius 3 is 2.11 bits per heavy atom. The van der Waals surface area contributed by atoms with Crippen LogP contribution in [0.15, 0.2) is 0 Å². The molecule has 0 heterocycles. The van der Waals surface area contributed by atoms with Crippen LogP contribution in [0.4, 0.5) is 0 Å². The molecule has 0 aromatic carbocycles. The summed E-state index contributed by atoms with van der Waals surface area (Å²) in [6.45, 7) is -0.302. The summed E-state index contributed by atoms with van der Waals surface area (Å²) >= 11 is 0. The van der Waals surface area contributed by atoms with Crippen molar-refractivity contribution in [1.82, 2.24) is 5.32 Å². The fourth-order valence-corrected chi connectivity index (χ4v) is 0.129. The van der Waals surface area contributed by atoms with Gasteiger partial charge >= 0.3 is 5.97 Å². The highest BCUT2D eigenvalue weighted by Gasteiger charge is 1.88. The molecular formula is C3H7NO5. The number of hydrogen-bond acceptors (Lipinski definition) is 4. The van der Waals surface area contributed by atoms with E-state index in [1.54, 1.807) is 0 Å². The Hall–Kier alpha value is -1.14. The fraction of sp³-hybridized carbons (Fsp3) is 0.333. The van der Waals surface area contributed by atoms with E-state index in [1.807, 2.05) is 5.32 Å². The Morgan fingerprint density at radius 2 is 2.00 bits per heavy atom. The minimum Gasteiger partial charge on any atom is -0.480 e. The first-order chi connectivity index (χ1) is 4.27. The van der Waals surface area contributed by atoms with Gasteiger partial charge in [-0.05, 0) is 0 Å². The molecule has 0 saturated carbocycles. The third-order valence-corrected chi connectivity index (χ3v) is 0.337. The first-order valence-corrected chi connectivity index (χ1v) is 1.86. The zero-order chi connectivity index (χ0) is 7.70. The van der Waals surface area contributed by atoms with Crippen molar-refractivity contribution in [2.45, 2.75) is 0 Å². The number of aliphatic carboxylic acids is 1. The maximum Gasteiger partial charge on any atom is 0.322 e. The van der Waals surface area contributed by atoms with Gasteiger partial charge in [0.05, 0.1) is 0 Å². The van der Waals surface area contributed by atoms with Crippen LogP contribution in [0.5, 0.6) is 0 Å². The largest absolute Gasteiger partial charge is 0.480 e. The van der Waals surface area contributed by atoms with Crippen molar-refractivity contribution in [1.29, 1.82) is 0 Å². The number of amides is 1. The van der Waals surface area contributed by atoms with Gasteiger partial charge in [-0.2, -0.15) is 0 Å². The minimum absolute atomic E-state index is 0.302. The topological polar surface area (TPSA) is 107 Å². The second-order valence-corrected chi connectivity index (χ2v) is 0.892. The summed E-state index contributed by atoms with van der Waals surface area (Å²) in [7, 11) is 0. The molecule has 0 atom stereocenters. The predicted octanol–water partition coefficient (Wildman–Crippen LogP) is -1.17. The summed E-state index contributed by atoms with van der Waals surface area (Å²) in [5.74, 6) is -1.04. The van der Waals surface area contributed by atoms with Gasteiger partial charge in [0.2, 0.25) is 6.41 Å². The third-order valence-electron chi connectivity index (χ3n) is 0.337. The third kappa shape index (κ3) is 19.8. The van der Waals surface area contributed by atoms with E-state index in [1.165, 1.54) is 0 Å². The Kier molecular flexibility index (Phi) is 11.9. The molecule has 0 aromatic heterocycles. The van der Waals surface area contributed by atoms with Crippen LogP contribution >= 0.6 is 0 Å². The monoisotopic (exact) mass is 137 g/mol. The Balaban J connectivity index is 0. The molecule has 0 aliphatic rings. The lowest BCUT2D eigenvalue weighted by molar-refractivity contribution is -0.176. The second-order valence-electron chi connectivity index (χ2n) is 0.892. The van der Waals surface area contributed by atoms with Gasteiger partial charge in [-0.15, -0.1) is 0 Å². The number of nitrogens with one attached hydrogen (secondary N) is 1. The summed E-state index contributed by atoms with van der Waals surface area (Å²) in [6.07, 6.45) is 0.341. The highest BCUT2D eigenvalue weighted by atomic mass is 17.0. The van der Waals surface area contributed by atoms with Gasteiger partial charge in [0.15, 0.2) is 0 Å². The van der Waals surface area contributed by atoms with Crippen molar-refractivity contribution in [3.63, 3.8) is 0 Å². The molecule has 54 valence electrons. The number of carbonyl (C=O) groups excluding carboxylic acids is 1. The van der Waals surface area contributed by atoms with Crippen molar-refractivity contribution in [2.75, 3.05) is 6.54 Å². The molecule has 6 nitrogen and oxygen atoms in total. The van der Waals surface area contributed by atoms with E-state index in [0.29, 0.717) is 6.41 Å². The van der Waals surface area contributed by atoms with Gasteiger partial charge in [0.1, 0.15) is 6.54 Å². The first-order valence-electron chi connectivity index (χ1n) is 1.86. The van der Waals surface area contributed by atoms with Crippen LogP contribution < -0.4 is 5.32 Å². The van der Waals surface area contributed by atoms with Crippen LogP contribution in [0, 0.1) is 0 Å². The summed E-state index contributed by atoms with van der Waals surface area (Å²) in [5, 5.41) is 21.8. The van der Waals surface area contributed by atoms with E-state index in [4.69, 9.17) is 15.6 Å². The molecule has 0 radical (unpaired) electrons. The lowest BCUT2D eigenvalue weighted by atomic mass is 10.7. The standard InChI is InChI=1S/C3H5NO3.H2O2/c5-2-4-1-3(6)7;1-2/h2H,1H2,(H,4,5)(H,6,7);1-2H. The normalized spacial score (nSPS) is 6.44. The molecule has 0 rings (SSSR count). The van der Waals surface area contributed by atoms with Crippen molar-refractivity contribution < 1.29 is 25.2 Å². The van der Waals surface area contributed by atoms with Gasteiger partial charge in [0.25, 0.3) is 0 Å². The number of carbonyl (C=O) groups is 2. The molecule has 0 aromatic rings. The summed E-state index contributed by atoms with van der Waals surface area (Å²) in [5.41, 5.74) is 0. The minimum atomic E-state index is -1.04. The van der Waals surface area contributed by atoms with Gasteiger partial charge in [-0.3, -0.25) is 20.1 Å². The maximum atomic E-state index is 9.54. The molecule has 0 aliphatic carbocycles. The zero-order valence-corrected chi connectivity index (χ0v) is 4.44. The van der Waals surface area contributed by atoms with Crippen LogP contribution in [-0.4, -0.2) is 34.5 Å². The number of carboxylic acids is 1. The smallest absolute Gasteiger partial charge is 0.322 e. The second kappa shape index (κ2) is 9.97. The van der Waals surface area contributed by atoms with Gasteiger partial charge in [0, 0.05) is 0 Å². The maximum absolute atomic E-state index is 9.54. The Labute approximate surface area is 50.7 Å².